The van der Waals surface area contributed by atoms with Crippen LogP contribution in [0.5, 0.6) is 0 Å². The number of rotatable bonds is 4. The fourth-order valence-corrected chi connectivity index (χ4v) is 3.19. The summed E-state index contributed by atoms with van der Waals surface area (Å²) in [6, 6.07) is 1.79. The van der Waals surface area contributed by atoms with Crippen LogP contribution in [0.25, 0.3) is 11.0 Å². The second-order valence-electron chi connectivity index (χ2n) is 6.59. The average Bonchev–Trinajstić information content (AvgIpc) is 3.35. The molecule has 3 N–H and O–H groups in total. The standard InChI is InChI=1S/C16H17N5O4/c22-12-3-8(7-21(12)10-1-2-10)5-18-14(23)9-4-11-13(17-6-9)19-16(25)20-15(11)24/h4,6,8,10H,1-3,5,7H2,(H,18,23)(H2,17,19,20,24,25)/t8-/m0/s1. The van der Waals surface area contributed by atoms with Gasteiger partial charge in [0, 0.05) is 37.7 Å². The number of likely N-dealkylation sites (tertiary alicyclic amines) is 1. The van der Waals surface area contributed by atoms with Gasteiger partial charge in [0.15, 0.2) is 0 Å². The van der Waals surface area contributed by atoms with Crippen LogP contribution in [0.4, 0.5) is 0 Å². The number of carbonyl (C=O) groups excluding carboxylic acids is 2. The van der Waals surface area contributed by atoms with Gasteiger partial charge in [0.2, 0.25) is 5.91 Å². The number of hydrogen-bond acceptors (Lipinski definition) is 5. The number of pyridine rings is 1. The molecule has 9 heteroatoms. The van der Waals surface area contributed by atoms with Crippen molar-refractivity contribution in [3.63, 3.8) is 0 Å². The molecule has 1 saturated heterocycles. The van der Waals surface area contributed by atoms with E-state index in [1.54, 1.807) is 0 Å². The van der Waals surface area contributed by atoms with Gasteiger partial charge in [-0.25, -0.2) is 9.78 Å². The summed E-state index contributed by atoms with van der Waals surface area (Å²) >= 11 is 0. The topological polar surface area (TPSA) is 128 Å². The third-order valence-electron chi connectivity index (χ3n) is 4.63. The number of aromatic nitrogens is 3. The van der Waals surface area contributed by atoms with Gasteiger partial charge in [0.25, 0.3) is 11.5 Å². The molecule has 0 radical (unpaired) electrons. The van der Waals surface area contributed by atoms with E-state index in [0.717, 1.165) is 12.8 Å². The summed E-state index contributed by atoms with van der Waals surface area (Å²) in [7, 11) is 0. The summed E-state index contributed by atoms with van der Waals surface area (Å²) in [5.74, 6) is -0.104. The SMILES string of the molecule is O=C(NC[C@@H]1CC(=O)N(C2CC2)C1)c1cnc2[nH]c(=O)[nH]c(=O)c2c1. The number of nitrogens with zero attached hydrogens (tertiary/aromatic N) is 2. The Hall–Kier alpha value is -2.97. The molecule has 2 aromatic rings. The minimum absolute atomic E-state index is 0.102. The molecule has 1 aliphatic heterocycles. The van der Waals surface area contributed by atoms with Gasteiger partial charge in [-0.05, 0) is 18.9 Å². The summed E-state index contributed by atoms with van der Waals surface area (Å²) in [4.78, 5) is 57.6. The first kappa shape index (κ1) is 15.6. The third-order valence-corrected chi connectivity index (χ3v) is 4.63. The normalized spacial score (nSPS) is 20.2. The Morgan fingerprint density at radius 3 is 2.84 bits per heavy atom. The second-order valence-corrected chi connectivity index (χ2v) is 6.59. The van der Waals surface area contributed by atoms with Crippen molar-refractivity contribution in [1.29, 1.82) is 0 Å². The number of H-pyrrole nitrogens is 2. The smallest absolute Gasteiger partial charge is 0.327 e. The fraction of sp³-hybridized carbons (Fsp3) is 0.438. The van der Waals surface area contributed by atoms with Crippen LogP contribution >= 0.6 is 0 Å². The van der Waals surface area contributed by atoms with Gasteiger partial charge in [-0.1, -0.05) is 0 Å². The van der Waals surface area contributed by atoms with Gasteiger partial charge in [0.1, 0.15) is 5.65 Å². The minimum atomic E-state index is -0.645. The number of hydrogen-bond donors (Lipinski definition) is 3. The van der Waals surface area contributed by atoms with E-state index in [1.165, 1.54) is 12.3 Å². The Morgan fingerprint density at radius 2 is 2.08 bits per heavy atom. The van der Waals surface area contributed by atoms with E-state index in [2.05, 4.69) is 20.3 Å². The van der Waals surface area contributed by atoms with Crippen molar-refractivity contribution in [3.05, 3.63) is 38.7 Å². The summed E-state index contributed by atoms with van der Waals surface area (Å²) < 4.78 is 0. The first-order valence-corrected chi connectivity index (χ1v) is 8.21. The Bertz CT molecular complexity index is 974. The summed E-state index contributed by atoms with van der Waals surface area (Å²) in [6.07, 6.45) is 3.91. The van der Waals surface area contributed by atoms with Gasteiger partial charge in [0.05, 0.1) is 10.9 Å². The molecule has 0 unspecified atom stereocenters. The zero-order valence-corrected chi connectivity index (χ0v) is 13.4. The molecule has 0 bridgehead atoms. The first-order valence-electron chi connectivity index (χ1n) is 8.21. The van der Waals surface area contributed by atoms with Gasteiger partial charge in [-0.2, -0.15) is 0 Å². The molecule has 25 heavy (non-hydrogen) atoms. The quantitative estimate of drug-likeness (QED) is 0.680. The lowest BCUT2D eigenvalue weighted by Gasteiger charge is -2.15. The number of amides is 2. The molecule has 1 saturated carbocycles. The monoisotopic (exact) mass is 343 g/mol. The van der Waals surface area contributed by atoms with Crippen molar-refractivity contribution in [2.45, 2.75) is 25.3 Å². The van der Waals surface area contributed by atoms with Crippen LogP contribution in [-0.4, -0.2) is 50.8 Å². The highest BCUT2D eigenvalue weighted by Crippen LogP contribution is 2.32. The molecule has 0 spiro atoms. The van der Waals surface area contributed by atoms with Crippen LogP contribution in [0, 0.1) is 5.92 Å². The van der Waals surface area contributed by atoms with Crippen molar-refractivity contribution < 1.29 is 9.59 Å². The third kappa shape index (κ3) is 3.04. The predicted molar refractivity (Wildman–Crippen MR) is 88.2 cm³/mol. The van der Waals surface area contributed by atoms with Crippen molar-refractivity contribution in [1.82, 2.24) is 25.2 Å². The van der Waals surface area contributed by atoms with Crippen molar-refractivity contribution >= 4 is 22.8 Å². The van der Waals surface area contributed by atoms with Crippen LogP contribution in [-0.2, 0) is 4.79 Å². The van der Waals surface area contributed by atoms with Crippen LogP contribution in [0.1, 0.15) is 29.6 Å². The number of nitrogens with one attached hydrogen (secondary N) is 3. The maximum absolute atomic E-state index is 12.3. The number of carbonyl (C=O) groups is 2. The molecule has 1 atom stereocenters. The Balaban J connectivity index is 1.44. The summed E-state index contributed by atoms with van der Waals surface area (Å²) in [6.45, 7) is 1.08. The van der Waals surface area contributed by atoms with Gasteiger partial charge >= 0.3 is 5.69 Å². The van der Waals surface area contributed by atoms with Gasteiger partial charge < -0.3 is 10.2 Å². The Morgan fingerprint density at radius 1 is 1.28 bits per heavy atom. The van der Waals surface area contributed by atoms with Crippen LogP contribution in [0.3, 0.4) is 0 Å². The lowest BCUT2D eigenvalue weighted by molar-refractivity contribution is -0.128. The van der Waals surface area contributed by atoms with E-state index in [9.17, 15) is 19.2 Å². The first-order chi connectivity index (χ1) is 12.0. The second kappa shape index (κ2) is 5.83. The molecule has 4 rings (SSSR count). The molecule has 2 fully saturated rings. The van der Waals surface area contributed by atoms with Gasteiger partial charge in [-0.3, -0.25) is 24.4 Å². The summed E-state index contributed by atoms with van der Waals surface area (Å²) in [5, 5.41) is 2.94. The molecule has 2 aliphatic rings. The Kier molecular flexibility index (Phi) is 3.63. The molecule has 2 amide bonds. The van der Waals surface area contributed by atoms with E-state index >= 15 is 0 Å². The fourth-order valence-electron chi connectivity index (χ4n) is 3.19. The molecule has 130 valence electrons. The molecule has 9 nitrogen and oxygen atoms in total. The molecular formula is C16H17N5O4. The highest BCUT2D eigenvalue weighted by atomic mass is 16.2. The van der Waals surface area contributed by atoms with Gasteiger partial charge in [-0.15, -0.1) is 0 Å². The lowest BCUT2D eigenvalue weighted by atomic mass is 10.1. The maximum atomic E-state index is 12.3. The van der Waals surface area contributed by atoms with E-state index in [1.807, 2.05) is 4.90 Å². The minimum Gasteiger partial charge on any atom is -0.352 e. The van der Waals surface area contributed by atoms with E-state index in [-0.39, 0.29) is 34.3 Å². The predicted octanol–water partition coefficient (Wildman–Crippen LogP) is -0.648. The summed E-state index contributed by atoms with van der Waals surface area (Å²) in [5.41, 5.74) is -0.879. The van der Waals surface area contributed by atoms with E-state index in [4.69, 9.17) is 0 Å². The average molecular weight is 343 g/mol. The zero-order chi connectivity index (χ0) is 17.6. The van der Waals surface area contributed by atoms with E-state index < -0.39 is 11.2 Å². The van der Waals surface area contributed by atoms with Crippen molar-refractivity contribution in [2.75, 3.05) is 13.1 Å². The van der Waals surface area contributed by atoms with E-state index in [0.29, 0.717) is 25.6 Å². The van der Waals surface area contributed by atoms with Crippen molar-refractivity contribution in [2.24, 2.45) is 5.92 Å². The maximum Gasteiger partial charge on any atom is 0.327 e. The molecular weight excluding hydrogens is 326 g/mol. The Labute approximate surface area is 141 Å². The van der Waals surface area contributed by atoms with Crippen LogP contribution in [0.15, 0.2) is 21.9 Å². The highest BCUT2D eigenvalue weighted by Gasteiger charge is 2.39. The van der Waals surface area contributed by atoms with Crippen LogP contribution < -0.4 is 16.6 Å². The largest absolute Gasteiger partial charge is 0.352 e. The zero-order valence-electron chi connectivity index (χ0n) is 13.4. The molecule has 2 aromatic heterocycles. The molecule has 1 aliphatic carbocycles. The molecule has 3 heterocycles. The van der Waals surface area contributed by atoms with Crippen LogP contribution in [0.2, 0.25) is 0 Å². The number of fused-ring (bicyclic) bond motifs is 1. The highest BCUT2D eigenvalue weighted by molar-refractivity contribution is 5.96. The van der Waals surface area contributed by atoms with Crippen molar-refractivity contribution in [3.8, 4) is 0 Å². The number of aromatic amines is 2. The lowest BCUT2D eigenvalue weighted by Crippen LogP contribution is -2.32. The molecule has 0 aromatic carbocycles.